The Morgan fingerprint density at radius 1 is 1.05 bits per heavy atom. The minimum Gasteiger partial charge on any atom is -0.279 e. The lowest BCUT2D eigenvalue weighted by Crippen LogP contribution is -2.43. The lowest BCUT2D eigenvalue weighted by atomic mass is 10.0. The Balaban J connectivity index is 1.48. The van der Waals surface area contributed by atoms with E-state index in [1.165, 1.54) is 11.3 Å². The second-order valence-electron chi connectivity index (χ2n) is 10.00. The molecule has 38 heavy (non-hydrogen) atoms. The Morgan fingerprint density at radius 2 is 1.79 bits per heavy atom. The van der Waals surface area contributed by atoms with Gasteiger partial charge in [-0.1, -0.05) is 61.1 Å². The molecule has 1 aliphatic rings. The normalized spacial score (nSPS) is 16.6. The molecule has 0 bridgehead atoms. The summed E-state index contributed by atoms with van der Waals surface area (Å²) in [6.45, 7) is 7.03. The van der Waals surface area contributed by atoms with Crippen LogP contribution in [-0.4, -0.2) is 36.2 Å². The van der Waals surface area contributed by atoms with E-state index >= 15 is 0 Å². The molecule has 3 aromatic carbocycles. The summed E-state index contributed by atoms with van der Waals surface area (Å²) < 4.78 is 29.5. The van der Waals surface area contributed by atoms with Gasteiger partial charge in [0, 0.05) is 18.2 Å². The van der Waals surface area contributed by atoms with Gasteiger partial charge in [0.25, 0.3) is 5.91 Å². The van der Waals surface area contributed by atoms with Gasteiger partial charge in [-0.05, 0) is 80.1 Å². The lowest BCUT2D eigenvalue weighted by Gasteiger charge is -2.34. The molecular weight excluding hydrogens is 514 g/mol. The minimum atomic E-state index is -3.61. The third kappa shape index (κ3) is 5.25. The number of thiazole rings is 1. The summed E-state index contributed by atoms with van der Waals surface area (Å²) in [7, 11) is -3.61. The van der Waals surface area contributed by atoms with Crippen LogP contribution in [0, 0.1) is 13.8 Å². The molecule has 1 aliphatic heterocycles. The number of carbonyl (C=O) groups excluding carboxylic acids is 1. The maximum atomic E-state index is 13.9. The highest BCUT2D eigenvalue weighted by atomic mass is 32.2. The molecule has 1 unspecified atom stereocenters. The van der Waals surface area contributed by atoms with Gasteiger partial charge >= 0.3 is 0 Å². The average Bonchev–Trinajstić information content (AvgIpc) is 3.36. The summed E-state index contributed by atoms with van der Waals surface area (Å²) in [4.78, 5) is 20.6. The topological polar surface area (TPSA) is 70.6 Å². The van der Waals surface area contributed by atoms with Crippen molar-refractivity contribution in [1.29, 1.82) is 0 Å². The molecule has 1 aromatic heterocycles. The van der Waals surface area contributed by atoms with E-state index in [4.69, 9.17) is 4.98 Å². The summed E-state index contributed by atoms with van der Waals surface area (Å²) >= 11 is 1.50. The molecule has 0 spiro atoms. The smallest absolute Gasteiger partial charge is 0.260 e. The number of sulfonamides is 1. The van der Waals surface area contributed by atoms with E-state index in [-0.39, 0.29) is 16.8 Å². The third-order valence-electron chi connectivity index (χ3n) is 7.23. The van der Waals surface area contributed by atoms with Crippen LogP contribution in [0.15, 0.2) is 71.6 Å². The summed E-state index contributed by atoms with van der Waals surface area (Å²) in [5.41, 5.74) is 4.55. The molecule has 1 saturated heterocycles. The molecule has 5 rings (SSSR count). The van der Waals surface area contributed by atoms with Crippen molar-refractivity contribution < 1.29 is 13.2 Å². The molecular formula is C30H33N3O3S2. The van der Waals surface area contributed by atoms with Crippen LogP contribution in [0.4, 0.5) is 5.13 Å². The van der Waals surface area contributed by atoms with Crippen LogP contribution in [0.3, 0.4) is 0 Å². The number of aryl methyl sites for hydroxylation is 2. The van der Waals surface area contributed by atoms with E-state index in [1.54, 1.807) is 33.5 Å². The van der Waals surface area contributed by atoms with E-state index < -0.39 is 10.0 Å². The van der Waals surface area contributed by atoms with Gasteiger partial charge in [0.1, 0.15) is 0 Å². The van der Waals surface area contributed by atoms with E-state index in [2.05, 4.69) is 19.1 Å². The summed E-state index contributed by atoms with van der Waals surface area (Å²) in [5, 5.41) is 0.623. The zero-order valence-corrected chi connectivity index (χ0v) is 23.7. The van der Waals surface area contributed by atoms with Crippen molar-refractivity contribution in [3.05, 3.63) is 89.0 Å². The van der Waals surface area contributed by atoms with Crippen molar-refractivity contribution in [3.8, 4) is 0 Å². The van der Waals surface area contributed by atoms with Gasteiger partial charge in [0.2, 0.25) is 10.0 Å². The molecule has 0 radical (unpaired) electrons. The number of aromatic nitrogens is 1. The van der Waals surface area contributed by atoms with Gasteiger partial charge in [-0.2, -0.15) is 4.31 Å². The van der Waals surface area contributed by atoms with Crippen molar-refractivity contribution in [2.75, 3.05) is 11.4 Å². The second kappa shape index (κ2) is 11.0. The molecule has 1 amide bonds. The molecule has 198 valence electrons. The van der Waals surface area contributed by atoms with E-state index in [0.717, 1.165) is 52.6 Å². The highest BCUT2D eigenvalue weighted by Gasteiger charge is 2.32. The molecule has 1 atom stereocenters. The Bertz CT molecular complexity index is 1550. The molecule has 2 heterocycles. The van der Waals surface area contributed by atoms with Gasteiger partial charge < -0.3 is 0 Å². The first-order chi connectivity index (χ1) is 18.3. The fraction of sp³-hybridized carbons (Fsp3) is 0.333. The van der Waals surface area contributed by atoms with Gasteiger partial charge in [-0.3, -0.25) is 9.69 Å². The maximum Gasteiger partial charge on any atom is 0.260 e. The zero-order valence-electron chi connectivity index (χ0n) is 22.1. The van der Waals surface area contributed by atoms with Crippen LogP contribution in [0.5, 0.6) is 0 Å². The quantitative estimate of drug-likeness (QED) is 0.258. The number of hydrogen-bond donors (Lipinski definition) is 0. The number of hydrogen-bond acceptors (Lipinski definition) is 5. The highest BCUT2D eigenvalue weighted by Crippen LogP contribution is 2.34. The van der Waals surface area contributed by atoms with E-state index in [1.807, 2.05) is 44.2 Å². The van der Waals surface area contributed by atoms with Crippen LogP contribution < -0.4 is 4.90 Å². The number of nitrogens with zero attached hydrogens (tertiary/aromatic N) is 3. The number of amides is 1. The molecule has 1 fully saturated rings. The molecule has 8 heteroatoms. The van der Waals surface area contributed by atoms with Crippen molar-refractivity contribution in [1.82, 2.24) is 9.29 Å². The SMILES string of the molecule is CCC1CCCCN1S(=O)(=O)c1ccc(C(=O)N(Cc2ccccc2)c2nc3c(C)cc(C)cc3s2)cc1. The fourth-order valence-electron chi connectivity index (χ4n) is 5.23. The average molecular weight is 548 g/mol. The zero-order chi connectivity index (χ0) is 26.9. The number of anilines is 1. The number of carbonyl (C=O) groups is 1. The first kappa shape index (κ1) is 26.5. The van der Waals surface area contributed by atoms with Crippen LogP contribution in [-0.2, 0) is 16.6 Å². The fourth-order valence-corrected chi connectivity index (χ4v) is 8.13. The highest BCUT2D eigenvalue weighted by molar-refractivity contribution is 7.89. The van der Waals surface area contributed by atoms with Crippen molar-refractivity contribution in [2.24, 2.45) is 0 Å². The van der Waals surface area contributed by atoms with Crippen LogP contribution in [0.2, 0.25) is 0 Å². The first-order valence-corrected chi connectivity index (χ1v) is 15.4. The van der Waals surface area contributed by atoms with Crippen LogP contribution in [0.25, 0.3) is 10.2 Å². The summed E-state index contributed by atoms with van der Waals surface area (Å²) in [5.74, 6) is -0.212. The van der Waals surface area contributed by atoms with Crippen molar-refractivity contribution in [2.45, 2.75) is 63.9 Å². The van der Waals surface area contributed by atoms with Crippen molar-refractivity contribution >= 4 is 42.6 Å². The molecule has 0 aliphatic carbocycles. The van der Waals surface area contributed by atoms with Gasteiger partial charge in [0.15, 0.2) is 5.13 Å². The Morgan fingerprint density at radius 3 is 2.50 bits per heavy atom. The number of fused-ring (bicyclic) bond motifs is 1. The molecule has 0 saturated carbocycles. The van der Waals surface area contributed by atoms with Crippen LogP contribution in [0.1, 0.15) is 59.7 Å². The molecule has 4 aromatic rings. The number of rotatable bonds is 7. The predicted molar refractivity (Wildman–Crippen MR) is 154 cm³/mol. The maximum absolute atomic E-state index is 13.9. The second-order valence-corrected chi connectivity index (χ2v) is 12.9. The van der Waals surface area contributed by atoms with Gasteiger partial charge in [-0.25, -0.2) is 13.4 Å². The summed E-state index contributed by atoms with van der Waals surface area (Å²) in [6.07, 6.45) is 3.62. The number of benzene rings is 3. The number of piperidine rings is 1. The Hall–Kier alpha value is -3.07. The minimum absolute atomic E-state index is 0.0301. The Kier molecular flexibility index (Phi) is 7.66. The first-order valence-electron chi connectivity index (χ1n) is 13.1. The lowest BCUT2D eigenvalue weighted by molar-refractivity contribution is 0.0985. The van der Waals surface area contributed by atoms with E-state index in [0.29, 0.717) is 23.8 Å². The predicted octanol–water partition coefficient (Wildman–Crippen LogP) is 6.71. The van der Waals surface area contributed by atoms with Gasteiger partial charge in [0.05, 0.1) is 21.7 Å². The van der Waals surface area contributed by atoms with Crippen molar-refractivity contribution in [3.63, 3.8) is 0 Å². The van der Waals surface area contributed by atoms with Crippen LogP contribution >= 0.6 is 11.3 Å². The van der Waals surface area contributed by atoms with E-state index in [9.17, 15) is 13.2 Å². The Labute approximate surface area is 229 Å². The molecule has 0 N–H and O–H groups in total. The standard InChI is InChI=1S/C30H33N3O3S2/c1-4-25-12-8-9-17-33(25)38(35,36)26-15-13-24(14-16-26)29(34)32(20-23-10-6-5-7-11-23)30-31-28-22(3)18-21(2)19-27(28)37-30/h5-7,10-11,13-16,18-19,25H,4,8-9,12,17,20H2,1-3H3. The largest absolute Gasteiger partial charge is 0.279 e. The monoisotopic (exact) mass is 547 g/mol. The van der Waals surface area contributed by atoms with Gasteiger partial charge in [-0.15, -0.1) is 0 Å². The summed E-state index contributed by atoms with van der Waals surface area (Å²) in [6, 6.07) is 20.4. The molecule has 6 nitrogen and oxygen atoms in total. The third-order valence-corrected chi connectivity index (χ3v) is 10.2.